The summed E-state index contributed by atoms with van der Waals surface area (Å²) in [5.41, 5.74) is 0.401. The predicted molar refractivity (Wildman–Crippen MR) is 54.4 cm³/mol. The van der Waals surface area contributed by atoms with Gasteiger partial charge in [0.1, 0.15) is 12.1 Å². The number of aromatic nitrogens is 2. The molecule has 0 aromatic carbocycles. The molecule has 1 aliphatic carbocycles. The lowest BCUT2D eigenvalue weighted by Gasteiger charge is -2.07. The Morgan fingerprint density at radius 2 is 2.21 bits per heavy atom. The standard InChI is InChI=1S/C10H15N3O/c1-10(2)5-7(10)13-8-4-9(14-3)12-6-11-8/h4,6-7H,5H2,1-3H3,(H,11,12,13). The third kappa shape index (κ3) is 1.78. The van der Waals surface area contributed by atoms with Crippen molar-refractivity contribution >= 4 is 5.82 Å². The van der Waals surface area contributed by atoms with Crippen LogP contribution in [0.15, 0.2) is 12.4 Å². The monoisotopic (exact) mass is 193 g/mol. The van der Waals surface area contributed by atoms with Crippen LogP contribution in [-0.2, 0) is 0 Å². The quantitative estimate of drug-likeness (QED) is 0.793. The topological polar surface area (TPSA) is 47.0 Å². The SMILES string of the molecule is COc1cc(NC2CC2(C)C)ncn1. The fraction of sp³-hybridized carbons (Fsp3) is 0.600. The lowest BCUT2D eigenvalue weighted by atomic mass is 10.2. The number of hydrogen-bond donors (Lipinski definition) is 1. The molecule has 76 valence electrons. The number of nitrogens with one attached hydrogen (secondary N) is 1. The number of methoxy groups -OCH3 is 1. The molecule has 0 saturated heterocycles. The van der Waals surface area contributed by atoms with E-state index in [0.717, 1.165) is 5.82 Å². The molecule has 14 heavy (non-hydrogen) atoms. The first-order valence-corrected chi connectivity index (χ1v) is 4.74. The maximum atomic E-state index is 5.02. The van der Waals surface area contributed by atoms with Crippen molar-refractivity contribution in [3.63, 3.8) is 0 Å². The summed E-state index contributed by atoms with van der Waals surface area (Å²) in [7, 11) is 1.60. The summed E-state index contributed by atoms with van der Waals surface area (Å²) >= 11 is 0. The van der Waals surface area contributed by atoms with E-state index in [1.54, 1.807) is 7.11 Å². The lowest BCUT2D eigenvalue weighted by Crippen LogP contribution is -2.09. The van der Waals surface area contributed by atoms with Crippen LogP contribution in [-0.4, -0.2) is 23.1 Å². The van der Waals surface area contributed by atoms with Crippen LogP contribution in [0.5, 0.6) is 5.88 Å². The maximum Gasteiger partial charge on any atom is 0.218 e. The first kappa shape index (κ1) is 9.24. The van der Waals surface area contributed by atoms with E-state index in [2.05, 4.69) is 29.1 Å². The Balaban J connectivity index is 2.03. The van der Waals surface area contributed by atoms with Gasteiger partial charge in [-0.1, -0.05) is 13.8 Å². The van der Waals surface area contributed by atoms with Crippen LogP contribution >= 0.6 is 0 Å². The highest BCUT2D eigenvalue weighted by Gasteiger charge is 2.45. The molecule has 1 aromatic heterocycles. The molecule has 0 amide bonds. The minimum atomic E-state index is 0.401. The van der Waals surface area contributed by atoms with Crippen LogP contribution < -0.4 is 10.1 Å². The second-order valence-corrected chi connectivity index (χ2v) is 4.34. The number of anilines is 1. The molecule has 4 heteroatoms. The molecule has 1 aliphatic rings. The molecule has 1 fully saturated rings. The van der Waals surface area contributed by atoms with E-state index in [1.807, 2.05) is 6.07 Å². The van der Waals surface area contributed by atoms with Crippen LogP contribution in [0, 0.1) is 5.41 Å². The Morgan fingerprint density at radius 3 is 2.79 bits per heavy atom. The fourth-order valence-corrected chi connectivity index (χ4v) is 1.42. The zero-order valence-corrected chi connectivity index (χ0v) is 8.74. The summed E-state index contributed by atoms with van der Waals surface area (Å²) in [5.74, 6) is 1.44. The van der Waals surface area contributed by atoms with Gasteiger partial charge in [-0.15, -0.1) is 0 Å². The highest BCUT2D eigenvalue weighted by molar-refractivity contribution is 5.40. The largest absolute Gasteiger partial charge is 0.481 e. The van der Waals surface area contributed by atoms with Gasteiger partial charge in [0, 0.05) is 12.1 Å². The Hall–Kier alpha value is -1.32. The van der Waals surface area contributed by atoms with E-state index in [0.29, 0.717) is 17.3 Å². The first-order chi connectivity index (χ1) is 6.62. The number of ether oxygens (including phenoxy) is 1. The normalized spacial score (nSPS) is 22.9. The van der Waals surface area contributed by atoms with Gasteiger partial charge < -0.3 is 10.1 Å². The van der Waals surface area contributed by atoms with Crippen LogP contribution in [0.1, 0.15) is 20.3 Å². The van der Waals surface area contributed by atoms with Crippen LogP contribution in [0.3, 0.4) is 0 Å². The molecule has 1 N–H and O–H groups in total. The number of rotatable bonds is 3. The fourth-order valence-electron chi connectivity index (χ4n) is 1.42. The minimum absolute atomic E-state index is 0.401. The molecule has 1 aromatic rings. The first-order valence-electron chi connectivity index (χ1n) is 4.74. The van der Waals surface area contributed by atoms with Gasteiger partial charge in [0.05, 0.1) is 7.11 Å². The van der Waals surface area contributed by atoms with E-state index in [-0.39, 0.29) is 0 Å². The second kappa shape index (κ2) is 3.12. The maximum absolute atomic E-state index is 5.02. The van der Waals surface area contributed by atoms with Gasteiger partial charge in [-0.2, -0.15) is 0 Å². The highest BCUT2D eigenvalue weighted by atomic mass is 16.5. The van der Waals surface area contributed by atoms with Crippen molar-refractivity contribution in [1.29, 1.82) is 0 Å². The molecule has 4 nitrogen and oxygen atoms in total. The third-order valence-electron chi connectivity index (χ3n) is 2.69. The molecule has 1 saturated carbocycles. The number of nitrogens with zero attached hydrogens (tertiary/aromatic N) is 2. The lowest BCUT2D eigenvalue weighted by molar-refractivity contribution is 0.397. The van der Waals surface area contributed by atoms with Gasteiger partial charge in [-0.3, -0.25) is 0 Å². The van der Waals surface area contributed by atoms with Crippen LogP contribution in [0.2, 0.25) is 0 Å². The smallest absolute Gasteiger partial charge is 0.218 e. The highest BCUT2D eigenvalue weighted by Crippen LogP contribution is 2.46. The molecule has 1 unspecified atom stereocenters. The van der Waals surface area contributed by atoms with Crippen molar-refractivity contribution in [2.45, 2.75) is 26.3 Å². The van der Waals surface area contributed by atoms with E-state index in [9.17, 15) is 0 Å². The molecule has 0 radical (unpaired) electrons. The van der Waals surface area contributed by atoms with E-state index < -0.39 is 0 Å². The van der Waals surface area contributed by atoms with Gasteiger partial charge in [-0.05, 0) is 11.8 Å². The Kier molecular flexibility index (Phi) is 2.06. The van der Waals surface area contributed by atoms with E-state index in [1.165, 1.54) is 12.7 Å². The number of hydrogen-bond acceptors (Lipinski definition) is 4. The van der Waals surface area contributed by atoms with E-state index >= 15 is 0 Å². The summed E-state index contributed by atoms with van der Waals surface area (Å²) in [4.78, 5) is 8.08. The van der Waals surface area contributed by atoms with Crippen molar-refractivity contribution in [1.82, 2.24) is 9.97 Å². The summed E-state index contributed by atoms with van der Waals surface area (Å²) < 4.78 is 5.02. The van der Waals surface area contributed by atoms with Gasteiger partial charge in [0.2, 0.25) is 5.88 Å². The van der Waals surface area contributed by atoms with Crippen LogP contribution in [0.4, 0.5) is 5.82 Å². The molecule has 0 bridgehead atoms. The molecule has 0 aliphatic heterocycles. The van der Waals surface area contributed by atoms with Gasteiger partial charge >= 0.3 is 0 Å². The summed E-state index contributed by atoms with van der Waals surface area (Å²) in [6.45, 7) is 4.48. The zero-order chi connectivity index (χ0) is 10.2. The van der Waals surface area contributed by atoms with Gasteiger partial charge in [0.25, 0.3) is 0 Å². The molecular formula is C10H15N3O. The summed E-state index contributed by atoms with van der Waals surface area (Å²) in [6.07, 6.45) is 2.70. The Bertz CT molecular complexity index is 338. The van der Waals surface area contributed by atoms with E-state index in [4.69, 9.17) is 4.74 Å². The summed E-state index contributed by atoms with van der Waals surface area (Å²) in [5, 5.41) is 3.35. The molecule has 2 rings (SSSR count). The molecule has 1 heterocycles. The average molecular weight is 193 g/mol. The van der Waals surface area contributed by atoms with Gasteiger partial charge in [-0.25, -0.2) is 9.97 Å². The van der Waals surface area contributed by atoms with Crippen LogP contribution in [0.25, 0.3) is 0 Å². The zero-order valence-electron chi connectivity index (χ0n) is 8.74. The van der Waals surface area contributed by atoms with Crippen molar-refractivity contribution in [3.05, 3.63) is 12.4 Å². The third-order valence-corrected chi connectivity index (χ3v) is 2.69. The summed E-state index contributed by atoms with van der Waals surface area (Å²) in [6, 6.07) is 2.34. The average Bonchev–Trinajstić information content (AvgIpc) is 2.74. The van der Waals surface area contributed by atoms with Crippen molar-refractivity contribution in [2.24, 2.45) is 5.41 Å². The predicted octanol–water partition coefficient (Wildman–Crippen LogP) is 1.70. The Labute approximate surface area is 83.7 Å². The van der Waals surface area contributed by atoms with Gasteiger partial charge in [0.15, 0.2) is 0 Å². The molecule has 0 spiro atoms. The Morgan fingerprint density at radius 1 is 1.50 bits per heavy atom. The minimum Gasteiger partial charge on any atom is -0.481 e. The van der Waals surface area contributed by atoms with Crippen molar-refractivity contribution < 1.29 is 4.74 Å². The molecular weight excluding hydrogens is 178 g/mol. The van der Waals surface area contributed by atoms with Crippen molar-refractivity contribution in [3.8, 4) is 5.88 Å². The van der Waals surface area contributed by atoms with Crippen molar-refractivity contribution in [2.75, 3.05) is 12.4 Å². The molecule has 1 atom stereocenters. The second-order valence-electron chi connectivity index (χ2n) is 4.34.